The monoisotopic (exact) mass is 343 g/mol. The van der Waals surface area contributed by atoms with Crippen molar-refractivity contribution < 1.29 is 9.53 Å². The summed E-state index contributed by atoms with van der Waals surface area (Å²) in [4.78, 5) is 23.3. The normalized spacial score (nSPS) is 14.1. The van der Waals surface area contributed by atoms with Crippen LogP contribution in [0.2, 0.25) is 0 Å². The number of halogens is 1. The van der Waals surface area contributed by atoms with Gasteiger partial charge in [-0.05, 0) is 41.6 Å². The summed E-state index contributed by atoms with van der Waals surface area (Å²) >= 11 is 3.29. The third kappa shape index (κ3) is 4.06. The van der Waals surface area contributed by atoms with Crippen LogP contribution in [0.15, 0.2) is 15.5 Å². The smallest absolute Gasteiger partial charge is 0.307 e. The Morgan fingerprint density at radius 2 is 2.35 bits per heavy atom. The van der Waals surface area contributed by atoms with Gasteiger partial charge in [0, 0.05) is 13.1 Å². The average molecular weight is 344 g/mol. The third-order valence-electron chi connectivity index (χ3n) is 3.06. The van der Waals surface area contributed by atoms with Gasteiger partial charge in [0.25, 0.3) is 5.56 Å². The summed E-state index contributed by atoms with van der Waals surface area (Å²) in [5, 5.41) is 7.16. The molecule has 1 N–H and O–H groups in total. The molecule has 1 fully saturated rings. The lowest BCUT2D eigenvalue weighted by molar-refractivity contribution is -0.142. The van der Waals surface area contributed by atoms with Gasteiger partial charge in [0.15, 0.2) is 0 Å². The van der Waals surface area contributed by atoms with Crippen molar-refractivity contribution in [3.63, 3.8) is 0 Å². The van der Waals surface area contributed by atoms with Gasteiger partial charge in [0.2, 0.25) is 0 Å². The number of anilines is 1. The van der Waals surface area contributed by atoms with Gasteiger partial charge in [-0.15, -0.1) is 0 Å². The molecule has 0 aliphatic heterocycles. The molecule has 0 unspecified atom stereocenters. The molecule has 1 aliphatic rings. The number of hydrogen-bond acceptors (Lipinski definition) is 5. The van der Waals surface area contributed by atoms with Gasteiger partial charge >= 0.3 is 5.97 Å². The molecule has 20 heavy (non-hydrogen) atoms. The molecule has 1 aromatic rings. The molecule has 0 saturated heterocycles. The molecule has 1 aliphatic carbocycles. The number of aromatic nitrogens is 2. The van der Waals surface area contributed by atoms with Crippen LogP contribution in [0.1, 0.15) is 26.2 Å². The summed E-state index contributed by atoms with van der Waals surface area (Å²) in [5.74, 6) is 0.334. The van der Waals surface area contributed by atoms with Crippen molar-refractivity contribution >= 4 is 27.6 Å². The number of hydrogen-bond donors (Lipinski definition) is 1. The standard InChI is InChI=1S/C13H18BrN3O3/c1-2-20-11(18)5-6-15-10-7-16-17(8-9-3-4-9)13(19)12(10)14/h7,9,15H,2-6,8H2,1H3. The maximum Gasteiger partial charge on any atom is 0.307 e. The lowest BCUT2D eigenvalue weighted by Crippen LogP contribution is -2.25. The molecule has 0 amide bonds. The molecule has 1 saturated carbocycles. The van der Waals surface area contributed by atoms with Gasteiger partial charge in [-0.2, -0.15) is 5.10 Å². The molecule has 7 heteroatoms. The van der Waals surface area contributed by atoms with Crippen LogP contribution in [-0.2, 0) is 16.1 Å². The van der Waals surface area contributed by atoms with E-state index in [9.17, 15) is 9.59 Å². The maximum absolute atomic E-state index is 12.1. The lowest BCUT2D eigenvalue weighted by Gasteiger charge is -2.10. The number of ether oxygens (including phenoxy) is 1. The molecule has 2 rings (SSSR count). The zero-order chi connectivity index (χ0) is 14.5. The molecular weight excluding hydrogens is 326 g/mol. The second-order valence-electron chi connectivity index (χ2n) is 4.78. The van der Waals surface area contributed by atoms with Crippen LogP contribution < -0.4 is 10.9 Å². The van der Waals surface area contributed by atoms with E-state index in [-0.39, 0.29) is 17.9 Å². The molecular formula is C13H18BrN3O3. The van der Waals surface area contributed by atoms with E-state index in [4.69, 9.17) is 4.74 Å². The summed E-state index contributed by atoms with van der Waals surface area (Å²) < 4.78 is 6.77. The largest absolute Gasteiger partial charge is 0.466 e. The summed E-state index contributed by atoms with van der Waals surface area (Å²) in [7, 11) is 0. The van der Waals surface area contributed by atoms with Crippen molar-refractivity contribution in [3.8, 4) is 0 Å². The minimum atomic E-state index is -0.258. The predicted molar refractivity (Wildman–Crippen MR) is 78.7 cm³/mol. The number of rotatable bonds is 7. The fourth-order valence-corrected chi connectivity index (χ4v) is 2.24. The van der Waals surface area contributed by atoms with Crippen LogP contribution in [0.4, 0.5) is 5.69 Å². The molecule has 1 heterocycles. The highest BCUT2D eigenvalue weighted by Crippen LogP contribution is 2.30. The first-order valence-corrected chi connectivity index (χ1v) is 7.56. The highest BCUT2D eigenvalue weighted by molar-refractivity contribution is 9.10. The molecule has 110 valence electrons. The Morgan fingerprint density at radius 1 is 1.60 bits per heavy atom. The highest BCUT2D eigenvalue weighted by Gasteiger charge is 2.23. The fourth-order valence-electron chi connectivity index (χ4n) is 1.80. The van der Waals surface area contributed by atoms with Crippen molar-refractivity contribution in [2.24, 2.45) is 5.92 Å². The zero-order valence-corrected chi connectivity index (χ0v) is 13.0. The summed E-state index contributed by atoms with van der Waals surface area (Å²) in [5.41, 5.74) is 0.462. The Morgan fingerprint density at radius 3 is 3.00 bits per heavy atom. The van der Waals surface area contributed by atoms with Crippen LogP contribution in [0, 0.1) is 5.92 Å². The Labute approximate surface area is 125 Å². The second kappa shape index (κ2) is 6.88. The van der Waals surface area contributed by atoms with Crippen molar-refractivity contribution in [2.45, 2.75) is 32.7 Å². The number of carbonyl (C=O) groups is 1. The van der Waals surface area contributed by atoms with Gasteiger partial charge in [-0.1, -0.05) is 0 Å². The van der Waals surface area contributed by atoms with Gasteiger partial charge in [-0.3, -0.25) is 9.59 Å². The minimum absolute atomic E-state index is 0.141. The van der Waals surface area contributed by atoms with Crippen molar-refractivity contribution in [3.05, 3.63) is 21.0 Å². The Bertz CT molecular complexity index is 540. The molecule has 0 bridgehead atoms. The molecule has 6 nitrogen and oxygen atoms in total. The summed E-state index contributed by atoms with van der Waals surface area (Å²) in [6.45, 7) is 3.23. The van der Waals surface area contributed by atoms with E-state index in [1.165, 1.54) is 17.5 Å². The Balaban J connectivity index is 1.93. The van der Waals surface area contributed by atoms with E-state index in [1.807, 2.05) is 0 Å². The van der Waals surface area contributed by atoms with E-state index in [1.54, 1.807) is 13.1 Å². The van der Waals surface area contributed by atoms with Crippen LogP contribution in [-0.4, -0.2) is 28.9 Å². The Kier molecular flexibility index (Phi) is 5.17. The first kappa shape index (κ1) is 15.0. The first-order chi connectivity index (χ1) is 9.61. The van der Waals surface area contributed by atoms with Crippen LogP contribution in [0.3, 0.4) is 0 Å². The lowest BCUT2D eigenvalue weighted by atomic mass is 10.4. The van der Waals surface area contributed by atoms with E-state index in [0.717, 1.165) is 0 Å². The minimum Gasteiger partial charge on any atom is -0.466 e. The molecule has 0 radical (unpaired) electrons. The molecule has 0 aromatic carbocycles. The van der Waals surface area contributed by atoms with Gasteiger partial charge in [0.1, 0.15) is 4.47 Å². The van der Waals surface area contributed by atoms with Crippen LogP contribution in [0.25, 0.3) is 0 Å². The van der Waals surface area contributed by atoms with Crippen LogP contribution in [0.5, 0.6) is 0 Å². The number of nitrogens with one attached hydrogen (secondary N) is 1. The average Bonchev–Trinajstić information content (AvgIpc) is 3.22. The highest BCUT2D eigenvalue weighted by atomic mass is 79.9. The zero-order valence-electron chi connectivity index (χ0n) is 11.4. The van der Waals surface area contributed by atoms with Crippen molar-refractivity contribution in [1.29, 1.82) is 0 Å². The van der Waals surface area contributed by atoms with E-state index in [2.05, 4.69) is 26.3 Å². The van der Waals surface area contributed by atoms with Crippen molar-refractivity contribution in [2.75, 3.05) is 18.5 Å². The van der Waals surface area contributed by atoms with E-state index >= 15 is 0 Å². The number of carbonyl (C=O) groups excluding carboxylic acids is 1. The first-order valence-electron chi connectivity index (χ1n) is 6.77. The van der Waals surface area contributed by atoms with E-state index in [0.29, 0.717) is 35.8 Å². The number of nitrogens with zero attached hydrogens (tertiary/aromatic N) is 2. The Hall–Kier alpha value is -1.37. The van der Waals surface area contributed by atoms with Gasteiger partial charge in [-0.25, -0.2) is 4.68 Å². The molecule has 1 aromatic heterocycles. The SMILES string of the molecule is CCOC(=O)CCNc1cnn(CC2CC2)c(=O)c1Br. The van der Waals surface area contributed by atoms with Crippen LogP contribution >= 0.6 is 15.9 Å². The van der Waals surface area contributed by atoms with E-state index < -0.39 is 0 Å². The number of esters is 1. The fraction of sp³-hybridized carbons (Fsp3) is 0.615. The maximum atomic E-state index is 12.1. The topological polar surface area (TPSA) is 73.2 Å². The molecule has 0 atom stereocenters. The second-order valence-corrected chi connectivity index (χ2v) is 5.58. The van der Waals surface area contributed by atoms with Gasteiger partial charge in [0.05, 0.1) is 24.9 Å². The third-order valence-corrected chi connectivity index (χ3v) is 3.83. The summed E-state index contributed by atoms with van der Waals surface area (Å²) in [6.07, 6.45) is 4.21. The summed E-state index contributed by atoms with van der Waals surface area (Å²) in [6, 6.07) is 0. The molecule has 0 spiro atoms. The van der Waals surface area contributed by atoms with Gasteiger partial charge < -0.3 is 10.1 Å². The van der Waals surface area contributed by atoms with Crippen molar-refractivity contribution in [1.82, 2.24) is 9.78 Å². The quantitative estimate of drug-likeness (QED) is 0.764. The predicted octanol–water partition coefficient (Wildman–Crippen LogP) is 1.78.